The number of rotatable bonds is 2. The highest BCUT2D eigenvalue weighted by molar-refractivity contribution is 4.98. The summed E-state index contributed by atoms with van der Waals surface area (Å²) >= 11 is 0. The molecule has 1 N–H and O–H groups in total. The molecule has 1 heteroatoms. The highest BCUT2D eigenvalue weighted by Crippen LogP contribution is 2.41. The van der Waals surface area contributed by atoms with Crippen LogP contribution >= 0.6 is 0 Å². The van der Waals surface area contributed by atoms with Gasteiger partial charge in [0.2, 0.25) is 0 Å². The van der Waals surface area contributed by atoms with E-state index in [1.807, 2.05) is 6.92 Å². The van der Waals surface area contributed by atoms with Gasteiger partial charge < -0.3 is 5.11 Å². The summed E-state index contributed by atoms with van der Waals surface area (Å²) < 4.78 is 0. The normalized spacial score (nSPS) is 23.7. The molecule has 0 unspecified atom stereocenters. The van der Waals surface area contributed by atoms with E-state index in [-0.39, 0.29) is 0 Å². The predicted molar refractivity (Wildman–Crippen MR) is 59.9 cm³/mol. The van der Waals surface area contributed by atoms with Crippen molar-refractivity contribution in [3.63, 3.8) is 0 Å². The molecule has 0 atom stereocenters. The molecule has 0 aromatic carbocycles. The summed E-state index contributed by atoms with van der Waals surface area (Å²) in [6.07, 6.45) is 5.88. The minimum Gasteiger partial charge on any atom is -0.390 e. The molecule has 0 aromatic rings. The zero-order valence-corrected chi connectivity index (χ0v) is 9.69. The summed E-state index contributed by atoms with van der Waals surface area (Å²) in [6, 6.07) is 0. The third-order valence-corrected chi connectivity index (χ3v) is 3.43. The molecule has 80 valence electrons. The van der Waals surface area contributed by atoms with E-state index in [2.05, 4.69) is 25.7 Å². The molecule has 0 radical (unpaired) electrons. The Kier molecular flexibility index (Phi) is 3.61. The summed E-state index contributed by atoms with van der Waals surface area (Å²) in [6.45, 7) is 6.44. The van der Waals surface area contributed by atoms with Crippen LogP contribution in [0, 0.1) is 17.3 Å². The first-order chi connectivity index (χ1) is 6.47. The Bertz CT molecular complexity index is 232. The summed E-state index contributed by atoms with van der Waals surface area (Å²) in [4.78, 5) is 0. The van der Waals surface area contributed by atoms with E-state index in [0.29, 0.717) is 5.41 Å². The first-order valence-electron chi connectivity index (χ1n) is 5.59. The zero-order chi connectivity index (χ0) is 10.7. The van der Waals surface area contributed by atoms with Crippen LogP contribution in [-0.4, -0.2) is 10.7 Å². The van der Waals surface area contributed by atoms with Crippen LogP contribution in [0.4, 0.5) is 0 Å². The Hall–Kier alpha value is -0.480. The fourth-order valence-corrected chi connectivity index (χ4v) is 2.06. The molecule has 1 nitrogen and oxygen atoms in total. The largest absolute Gasteiger partial charge is 0.390 e. The lowest BCUT2D eigenvalue weighted by molar-refractivity contribution is -0.0309. The molecule has 1 saturated carbocycles. The lowest BCUT2D eigenvalue weighted by atomic mass is 9.70. The van der Waals surface area contributed by atoms with Gasteiger partial charge in [0.25, 0.3) is 0 Å². The molecular weight excluding hydrogens is 172 g/mol. The van der Waals surface area contributed by atoms with E-state index in [4.69, 9.17) is 0 Å². The lowest BCUT2D eigenvalue weighted by Crippen LogP contribution is -2.36. The van der Waals surface area contributed by atoms with Gasteiger partial charge in [-0.05, 0) is 44.4 Å². The van der Waals surface area contributed by atoms with Gasteiger partial charge in [0.1, 0.15) is 0 Å². The van der Waals surface area contributed by atoms with Gasteiger partial charge in [-0.25, -0.2) is 0 Å². The smallest absolute Gasteiger partial charge is 0.0657 e. The van der Waals surface area contributed by atoms with E-state index in [1.165, 1.54) is 0 Å². The molecule has 0 spiro atoms. The molecule has 1 aliphatic carbocycles. The third-order valence-electron chi connectivity index (χ3n) is 3.43. The van der Waals surface area contributed by atoms with Gasteiger partial charge in [0.05, 0.1) is 5.60 Å². The Balaban J connectivity index is 2.40. The van der Waals surface area contributed by atoms with Crippen molar-refractivity contribution in [1.82, 2.24) is 0 Å². The van der Waals surface area contributed by atoms with Crippen LogP contribution in [0.2, 0.25) is 0 Å². The van der Waals surface area contributed by atoms with Crippen LogP contribution < -0.4 is 0 Å². The third kappa shape index (κ3) is 3.35. The van der Waals surface area contributed by atoms with Gasteiger partial charge in [0, 0.05) is 6.42 Å². The van der Waals surface area contributed by atoms with Crippen molar-refractivity contribution in [2.24, 2.45) is 5.41 Å². The van der Waals surface area contributed by atoms with Crippen LogP contribution in [0.15, 0.2) is 0 Å². The Labute approximate surface area is 87.9 Å². The van der Waals surface area contributed by atoms with Crippen molar-refractivity contribution >= 4 is 0 Å². The zero-order valence-electron chi connectivity index (χ0n) is 9.69. The Morgan fingerprint density at radius 3 is 2.21 bits per heavy atom. The fourth-order valence-electron chi connectivity index (χ4n) is 2.06. The van der Waals surface area contributed by atoms with Gasteiger partial charge in [-0.2, -0.15) is 0 Å². The van der Waals surface area contributed by atoms with Crippen LogP contribution in [0.3, 0.4) is 0 Å². The number of hydrogen-bond acceptors (Lipinski definition) is 1. The first kappa shape index (κ1) is 11.6. The average Bonchev–Trinajstić information content (AvgIpc) is 2.12. The van der Waals surface area contributed by atoms with E-state index in [0.717, 1.165) is 38.5 Å². The standard InChI is InChI=1S/C13H22O/c1-4-5-6-7-13(14)10-8-12(2,3)9-11-13/h14H,6-11H2,1-3H3. The molecule has 14 heavy (non-hydrogen) atoms. The lowest BCUT2D eigenvalue weighted by Gasteiger charge is -2.40. The van der Waals surface area contributed by atoms with Gasteiger partial charge >= 0.3 is 0 Å². The highest BCUT2D eigenvalue weighted by Gasteiger charge is 2.35. The van der Waals surface area contributed by atoms with Crippen LogP contribution in [0.5, 0.6) is 0 Å². The SMILES string of the molecule is CC#CCCC1(O)CCC(C)(C)CC1. The molecular formula is C13H22O. The van der Waals surface area contributed by atoms with Gasteiger partial charge in [-0.15, -0.1) is 11.8 Å². The minimum atomic E-state index is -0.417. The Morgan fingerprint density at radius 2 is 1.71 bits per heavy atom. The first-order valence-corrected chi connectivity index (χ1v) is 5.59. The van der Waals surface area contributed by atoms with Crippen molar-refractivity contribution in [2.45, 2.75) is 64.9 Å². The average molecular weight is 194 g/mol. The van der Waals surface area contributed by atoms with E-state index < -0.39 is 5.60 Å². The van der Waals surface area contributed by atoms with Gasteiger partial charge in [-0.1, -0.05) is 13.8 Å². The van der Waals surface area contributed by atoms with Gasteiger partial charge in [-0.3, -0.25) is 0 Å². The molecule has 0 aliphatic heterocycles. The molecule has 0 aromatic heterocycles. The second-order valence-electron chi connectivity index (χ2n) is 5.32. The number of aliphatic hydroxyl groups is 1. The quantitative estimate of drug-likeness (QED) is 0.670. The van der Waals surface area contributed by atoms with E-state index >= 15 is 0 Å². The van der Waals surface area contributed by atoms with Crippen LogP contribution in [0.25, 0.3) is 0 Å². The molecule has 0 bridgehead atoms. The number of hydrogen-bond donors (Lipinski definition) is 1. The monoisotopic (exact) mass is 194 g/mol. The van der Waals surface area contributed by atoms with Gasteiger partial charge in [0.15, 0.2) is 0 Å². The molecule has 0 saturated heterocycles. The predicted octanol–water partition coefficient (Wildman–Crippen LogP) is 3.12. The van der Waals surface area contributed by atoms with Crippen LogP contribution in [-0.2, 0) is 0 Å². The molecule has 1 rings (SSSR count). The Morgan fingerprint density at radius 1 is 1.14 bits per heavy atom. The maximum Gasteiger partial charge on any atom is 0.0657 e. The van der Waals surface area contributed by atoms with Crippen LogP contribution in [0.1, 0.15) is 59.3 Å². The van der Waals surface area contributed by atoms with E-state index in [9.17, 15) is 5.11 Å². The van der Waals surface area contributed by atoms with Crippen molar-refractivity contribution in [3.05, 3.63) is 0 Å². The van der Waals surface area contributed by atoms with Crippen molar-refractivity contribution in [2.75, 3.05) is 0 Å². The summed E-state index contributed by atoms with van der Waals surface area (Å²) in [7, 11) is 0. The molecule has 0 heterocycles. The molecule has 0 amide bonds. The summed E-state index contributed by atoms with van der Waals surface area (Å²) in [5.41, 5.74) is 0.0159. The molecule has 1 aliphatic rings. The highest BCUT2D eigenvalue weighted by atomic mass is 16.3. The topological polar surface area (TPSA) is 20.2 Å². The maximum atomic E-state index is 10.3. The minimum absolute atomic E-state index is 0.417. The fraction of sp³-hybridized carbons (Fsp3) is 0.846. The maximum absolute atomic E-state index is 10.3. The van der Waals surface area contributed by atoms with E-state index in [1.54, 1.807) is 0 Å². The van der Waals surface area contributed by atoms with Crippen molar-refractivity contribution < 1.29 is 5.11 Å². The second-order valence-corrected chi connectivity index (χ2v) is 5.32. The summed E-state index contributed by atoms with van der Waals surface area (Å²) in [5, 5.41) is 10.3. The second kappa shape index (κ2) is 4.36. The summed E-state index contributed by atoms with van der Waals surface area (Å²) in [5.74, 6) is 5.91. The van der Waals surface area contributed by atoms with Crippen molar-refractivity contribution in [3.8, 4) is 11.8 Å². The van der Waals surface area contributed by atoms with Crippen molar-refractivity contribution in [1.29, 1.82) is 0 Å². The molecule has 1 fully saturated rings.